The summed E-state index contributed by atoms with van der Waals surface area (Å²) in [6, 6.07) is 41.7. The smallest absolute Gasteiger partial charge is 0.335 e. The Morgan fingerprint density at radius 1 is 0.604 bits per heavy atom. The molecule has 0 aromatic heterocycles. The average molecular weight is 1680 g/mol. The molecular formula is C85H119BN8O11U. The van der Waals surface area contributed by atoms with Crippen molar-refractivity contribution < 1.29 is 85.3 Å². The van der Waals surface area contributed by atoms with Crippen LogP contribution in [0.15, 0.2) is 133 Å². The number of nitrogens with one attached hydrogen (secondary N) is 3. The summed E-state index contributed by atoms with van der Waals surface area (Å²) in [5.41, 5.74) is 15.5. The molecule has 106 heavy (non-hydrogen) atoms. The molecule has 2 radical (unpaired) electrons. The molecule has 0 spiro atoms. The molecule has 10 N–H and O–H groups in total. The number of aromatic carboxylic acids is 1. The van der Waals surface area contributed by atoms with Crippen LogP contribution in [0.3, 0.4) is 0 Å². The largest absolute Gasteiger partial charge is 0.496 e. The van der Waals surface area contributed by atoms with E-state index in [2.05, 4.69) is 90.1 Å². The molecule has 6 aromatic carbocycles. The van der Waals surface area contributed by atoms with Crippen molar-refractivity contribution in [3.63, 3.8) is 0 Å². The van der Waals surface area contributed by atoms with Crippen molar-refractivity contribution in [3.8, 4) is 33.8 Å². The summed E-state index contributed by atoms with van der Waals surface area (Å²) in [6.45, 7) is 19.5. The van der Waals surface area contributed by atoms with Gasteiger partial charge in [0.2, 0.25) is 11.8 Å². The zero-order valence-corrected chi connectivity index (χ0v) is 68.2. The van der Waals surface area contributed by atoms with Gasteiger partial charge in [-0.05, 0) is 165 Å². The van der Waals surface area contributed by atoms with E-state index < -0.39 is 54.3 Å². The third kappa shape index (κ3) is 18.9. The fourth-order valence-electron chi connectivity index (χ4n) is 18.2. The predicted octanol–water partition coefficient (Wildman–Crippen LogP) is 10.2. The van der Waals surface area contributed by atoms with E-state index in [1.54, 1.807) is 40.2 Å². The molecule has 8 fully saturated rings. The van der Waals surface area contributed by atoms with E-state index in [0.29, 0.717) is 88.6 Å². The number of nitrogens with zero attached hydrogens (tertiary/aromatic N) is 4. The van der Waals surface area contributed by atoms with E-state index in [1.807, 2.05) is 145 Å². The van der Waals surface area contributed by atoms with Gasteiger partial charge in [0, 0.05) is 164 Å². The van der Waals surface area contributed by atoms with E-state index in [-0.39, 0.29) is 87.0 Å². The van der Waals surface area contributed by atoms with Crippen LogP contribution in [0.5, 0.6) is 11.5 Å². The van der Waals surface area contributed by atoms with Crippen molar-refractivity contribution in [3.05, 3.63) is 167 Å². The van der Waals surface area contributed by atoms with Crippen molar-refractivity contribution >= 4 is 43.4 Å². The molecule has 3 amide bonds. The number of methoxy groups -OCH3 is 2. The molecule has 4 bridgehead atoms. The Bertz CT molecular complexity index is 3930. The molecule has 19 nitrogen and oxygen atoms in total. The molecule has 6 saturated carbocycles. The van der Waals surface area contributed by atoms with Crippen LogP contribution in [0, 0.1) is 89.3 Å². The number of nitrogens with two attached hydrogens (primary N) is 1. The zero-order chi connectivity index (χ0) is 76.5. The van der Waals surface area contributed by atoms with Crippen molar-refractivity contribution in [2.75, 3.05) is 78.4 Å². The van der Waals surface area contributed by atoms with Gasteiger partial charge in [0.25, 0.3) is 5.91 Å². The minimum atomic E-state index is -1.02. The van der Waals surface area contributed by atoms with Gasteiger partial charge in [0.1, 0.15) is 11.5 Å². The molecule has 572 valence electrons. The Morgan fingerprint density at radius 3 is 1.36 bits per heavy atom. The third-order valence-electron chi connectivity index (χ3n) is 24.4. The number of β-amino-alcohol motifs (C(OH)–C–C–N with tert-alkyl or cyclic N) is 2. The zero-order valence-electron chi connectivity index (χ0n) is 65.1. The predicted molar refractivity (Wildman–Crippen MR) is 421 cm³/mol. The Morgan fingerprint density at radius 2 is 1.00 bits per heavy atom. The molecule has 2 aliphatic heterocycles. The second-order valence-electron chi connectivity index (χ2n) is 31.8. The summed E-state index contributed by atoms with van der Waals surface area (Å²) in [5, 5.41) is 63.3. The standard InChI is InChI=1S/C42H56N4O5.C34H47N3O6.C8H11N.CH4.BH.U/c1-25-34-21-31(42(34,3)4)22-35(25)44-41(50)38-37(26(2)47)36(48)24-46(38)23-28-14-11-15-33(39(28)51-7)29-18-30(20-32(19-29)45(5)6)40(49)43-17-16-27-12-9-8-10-13-27;1-18-26-14-23(34(26,3)4)15-27(18)35-32(40)30-29(19(2)38)28(39)17-37(30)16-20-9-8-10-25(31(20)43-7)21-11-22(33(41)42)13-24(12-21)36(5)6;9-7-6-8-4-2-1-3-5-8;;;/h8-15,18-20,25-26,31,34-38,47-48H,16-17,21-24H2,1-7H3,(H,43,49)(H,44,50);8-13,18-19,23,26-30,38-39H,14-17H2,1-7H3,(H,35,40)(H,41,42);1-5H,6-7,9H2;1H4;1H;/t25-,26-,31+,34-,35-,36-,37+,38-;18-,19-,23+,26-,27-,28-,29+,30-;;;;/m00..../s1/i;;;;1T;. The van der Waals surface area contributed by atoms with Gasteiger partial charge in [-0.3, -0.25) is 24.2 Å². The Balaban J connectivity index is 0.000000259. The van der Waals surface area contributed by atoms with E-state index in [9.17, 15) is 44.7 Å². The third-order valence-corrected chi connectivity index (χ3v) is 24.4. The number of anilines is 2. The van der Waals surface area contributed by atoms with Crippen LogP contribution in [0.1, 0.15) is 131 Å². The number of hydrogen-bond donors (Lipinski definition) is 9. The molecule has 8 aliphatic rings. The van der Waals surface area contributed by atoms with Crippen molar-refractivity contribution in [1.29, 1.82) is 1.34 Å². The number of fused-ring (bicyclic) bond motifs is 4. The monoisotopic (exact) mass is 1680 g/mol. The molecule has 0 unspecified atom stereocenters. The summed E-state index contributed by atoms with van der Waals surface area (Å²) in [4.78, 5) is 61.2. The van der Waals surface area contributed by atoms with Crippen molar-refractivity contribution in [1.82, 2.24) is 25.8 Å². The number of hydrogen-bond acceptors (Lipinski definition) is 15. The molecular weight excluding hydrogens is 1560 g/mol. The van der Waals surface area contributed by atoms with Crippen LogP contribution < -0.4 is 41.0 Å². The summed E-state index contributed by atoms with van der Waals surface area (Å²) in [7, 11) is 14.6. The Kier molecular flexibility index (Phi) is 29.7. The molecule has 6 aromatic rings. The van der Waals surface area contributed by atoms with Gasteiger partial charge in [-0.25, -0.2) is 4.79 Å². The average Bonchev–Trinajstić information content (AvgIpc) is 1.15. The van der Waals surface area contributed by atoms with Crippen LogP contribution >= 0.6 is 0 Å². The fraction of sp³-hybridized carbons (Fsp3) is 0.529. The van der Waals surface area contributed by atoms with Crippen LogP contribution in [0.25, 0.3) is 22.3 Å². The van der Waals surface area contributed by atoms with Crippen LogP contribution in [-0.4, -0.2) is 186 Å². The first-order valence-corrected chi connectivity index (χ1v) is 37.0. The minimum Gasteiger partial charge on any atom is -0.496 e. The maximum absolute atomic E-state index is 14.2. The van der Waals surface area contributed by atoms with E-state index in [1.165, 1.54) is 18.4 Å². The topological polar surface area (TPSA) is 263 Å². The molecule has 2 saturated heterocycles. The number of carboxylic acids is 1. The SMILES string of the molecule is C.COc1c(CN2C[C@H](O)[C@@H]([C@H](C)O)[C@H]2C(=O)N[C@H]2C[C@H]3C[C@@H]([C@@H]2C)C3(C)C)cccc1-c1cc(C(=O)NCCc2ccccc2)cc(N(C)C)c1.COc1c(CN2C[C@H](O)[C@@H]([C@H](C)O)[C@H]2C(=O)N[C@H]2C[C@H]3C[C@@H]([C@@H]2C)C3(C)C)cccc1-c1cc(C(=O)O)cc(N(C)C)c1.NCCc1ccccc1.[3H][B].[U]. The van der Waals surface area contributed by atoms with E-state index >= 15 is 0 Å². The quantitative estimate of drug-likeness (QED) is 0.0270. The molecule has 2 heterocycles. The van der Waals surface area contributed by atoms with Crippen LogP contribution in [0.2, 0.25) is 0 Å². The summed E-state index contributed by atoms with van der Waals surface area (Å²) >= 11 is 0. The number of carbonyl (C=O) groups excluding carboxylic acids is 3. The van der Waals surface area contributed by atoms with Gasteiger partial charge in [-0.15, -0.1) is 0 Å². The normalized spacial score (nSPS) is 26.3. The molecule has 14 rings (SSSR count). The van der Waals surface area contributed by atoms with Gasteiger partial charge in [-0.1, -0.05) is 146 Å². The van der Waals surface area contributed by atoms with Gasteiger partial charge < -0.3 is 66.5 Å². The fourth-order valence-corrected chi connectivity index (χ4v) is 18.2. The van der Waals surface area contributed by atoms with Crippen molar-refractivity contribution in [2.45, 2.75) is 163 Å². The number of carboxylic acid groups (broad SMARTS) is 1. The second kappa shape index (κ2) is 37.1. The van der Waals surface area contributed by atoms with Crippen LogP contribution in [0.4, 0.5) is 11.4 Å². The Hall–Kier alpha value is -6.76. The van der Waals surface area contributed by atoms with Crippen molar-refractivity contribution in [2.24, 2.45) is 63.9 Å². The van der Waals surface area contributed by atoms with Gasteiger partial charge in [0.05, 0.1) is 56.3 Å². The number of benzene rings is 6. The van der Waals surface area contributed by atoms with Gasteiger partial charge in [-0.2, -0.15) is 0 Å². The first-order valence-electron chi connectivity index (χ1n) is 37.6. The van der Waals surface area contributed by atoms with Crippen LogP contribution in [-0.2, 0) is 35.5 Å². The number of aliphatic hydroxyl groups excluding tert-OH is 4. The van der Waals surface area contributed by atoms with Gasteiger partial charge in [0.15, 0.2) is 0 Å². The first-order chi connectivity index (χ1) is 50.0. The van der Waals surface area contributed by atoms with E-state index in [4.69, 9.17) is 16.5 Å². The summed E-state index contributed by atoms with van der Waals surface area (Å²) < 4.78 is 17.2. The molecule has 6 aliphatic carbocycles. The van der Waals surface area contributed by atoms with Gasteiger partial charge >= 0.3 is 5.97 Å². The first kappa shape index (κ1) is 84.9. The number of para-hydroxylation sites is 2. The Labute approximate surface area is 657 Å². The number of aliphatic hydroxyl groups is 4. The number of ether oxygens (including phenoxy) is 2. The summed E-state index contributed by atoms with van der Waals surface area (Å²) in [6.07, 6.45) is 2.61. The summed E-state index contributed by atoms with van der Waals surface area (Å²) in [5.74, 6) is 1.59. The van der Waals surface area contributed by atoms with E-state index in [0.717, 1.165) is 77.0 Å². The number of rotatable bonds is 23. The number of likely N-dealkylation sites (tertiary alicyclic amines) is 2. The molecule has 16 atom stereocenters. The number of amides is 3. The second-order valence-corrected chi connectivity index (χ2v) is 31.8. The maximum Gasteiger partial charge on any atom is 0.335 e. The minimum absolute atomic E-state index is 0. The molecule has 21 heteroatoms. The number of carbonyl (C=O) groups is 4. The maximum atomic E-state index is 14.2.